The molecule has 0 aliphatic carbocycles. The molecule has 3 rings (SSSR count). The zero-order chi connectivity index (χ0) is 17.6. The van der Waals surface area contributed by atoms with Gasteiger partial charge in [-0.2, -0.15) is 0 Å². The predicted molar refractivity (Wildman–Crippen MR) is 96.2 cm³/mol. The number of aryl methyl sites for hydroxylation is 2. The molecule has 5 heteroatoms. The molecule has 1 saturated heterocycles. The van der Waals surface area contributed by atoms with Crippen molar-refractivity contribution in [1.82, 2.24) is 15.2 Å². The van der Waals surface area contributed by atoms with Gasteiger partial charge in [-0.3, -0.25) is 9.59 Å². The van der Waals surface area contributed by atoms with E-state index in [2.05, 4.69) is 22.4 Å². The molecule has 2 amide bonds. The zero-order valence-electron chi connectivity index (χ0n) is 14.4. The third-order valence-corrected chi connectivity index (χ3v) is 4.41. The Morgan fingerprint density at radius 1 is 1.20 bits per heavy atom. The van der Waals surface area contributed by atoms with Crippen LogP contribution in [0.1, 0.15) is 34.6 Å². The standard InChI is InChI=1S/C20H23N3O2/c1-15-7-5-11-18(21-15)20(25)22-17-13-19(24)23(14-17)12-6-10-16-8-3-2-4-9-16/h2-5,7-9,11,17H,6,10,12-14H2,1H3,(H,22,25)/t17-/m0/s1. The molecule has 25 heavy (non-hydrogen) atoms. The minimum atomic E-state index is -0.215. The molecule has 1 N–H and O–H groups in total. The molecule has 0 unspecified atom stereocenters. The van der Waals surface area contributed by atoms with Crippen LogP contribution in [0.3, 0.4) is 0 Å². The first-order valence-corrected chi connectivity index (χ1v) is 8.68. The lowest BCUT2D eigenvalue weighted by Crippen LogP contribution is -2.37. The number of carbonyl (C=O) groups is 2. The van der Waals surface area contributed by atoms with Gasteiger partial charge in [0.25, 0.3) is 5.91 Å². The summed E-state index contributed by atoms with van der Waals surface area (Å²) in [5.41, 5.74) is 2.48. The topological polar surface area (TPSA) is 62.3 Å². The number of benzene rings is 1. The summed E-state index contributed by atoms with van der Waals surface area (Å²) in [6, 6.07) is 15.5. The van der Waals surface area contributed by atoms with Crippen molar-refractivity contribution in [3.63, 3.8) is 0 Å². The summed E-state index contributed by atoms with van der Waals surface area (Å²) in [6.45, 7) is 3.15. The lowest BCUT2D eigenvalue weighted by Gasteiger charge is -2.17. The maximum Gasteiger partial charge on any atom is 0.270 e. The van der Waals surface area contributed by atoms with Crippen LogP contribution in [0.4, 0.5) is 0 Å². The SMILES string of the molecule is Cc1cccc(C(=O)N[C@H]2CC(=O)N(CCCc3ccccc3)C2)n1. The van der Waals surface area contributed by atoms with Gasteiger partial charge in [0.05, 0.1) is 6.04 Å². The fourth-order valence-electron chi connectivity index (χ4n) is 3.13. The minimum Gasteiger partial charge on any atom is -0.346 e. The number of likely N-dealkylation sites (tertiary alicyclic amines) is 1. The molecule has 1 atom stereocenters. The van der Waals surface area contributed by atoms with E-state index in [9.17, 15) is 9.59 Å². The first-order valence-electron chi connectivity index (χ1n) is 8.68. The highest BCUT2D eigenvalue weighted by atomic mass is 16.2. The second-order valence-corrected chi connectivity index (χ2v) is 6.47. The summed E-state index contributed by atoms with van der Waals surface area (Å²) in [7, 11) is 0. The Hall–Kier alpha value is -2.69. The molecule has 2 heterocycles. The molecule has 0 radical (unpaired) electrons. The highest BCUT2D eigenvalue weighted by Gasteiger charge is 2.30. The zero-order valence-corrected chi connectivity index (χ0v) is 14.4. The highest BCUT2D eigenvalue weighted by molar-refractivity contribution is 5.93. The Kier molecular flexibility index (Phi) is 5.43. The van der Waals surface area contributed by atoms with Gasteiger partial charge in [0, 0.05) is 25.2 Å². The van der Waals surface area contributed by atoms with Crippen LogP contribution in [-0.4, -0.2) is 40.8 Å². The van der Waals surface area contributed by atoms with Crippen molar-refractivity contribution in [1.29, 1.82) is 0 Å². The van der Waals surface area contributed by atoms with Gasteiger partial charge in [0.2, 0.25) is 5.91 Å². The van der Waals surface area contributed by atoms with E-state index in [4.69, 9.17) is 0 Å². The van der Waals surface area contributed by atoms with Crippen molar-refractivity contribution in [2.45, 2.75) is 32.2 Å². The van der Waals surface area contributed by atoms with Crippen LogP contribution >= 0.6 is 0 Å². The van der Waals surface area contributed by atoms with Crippen molar-refractivity contribution < 1.29 is 9.59 Å². The molecule has 0 bridgehead atoms. The van der Waals surface area contributed by atoms with Gasteiger partial charge in [-0.05, 0) is 37.5 Å². The van der Waals surface area contributed by atoms with Gasteiger partial charge in [-0.15, -0.1) is 0 Å². The third-order valence-electron chi connectivity index (χ3n) is 4.41. The fourth-order valence-corrected chi connectivity index (χ4v) is 3.13. The number of amides is 2. The number of pyridine rings is 1. The molecule has 0 spiro atoms. The van der Waals surface area contributed by atoms with Gasteiger partial charge in [-0.25, -0.2) is 4.98 Å². The number of nitrogens with zero attached hydrogens (tertiary/aromatic N) is 2. The van der Waals surface area contributed by atoms with E-state index in [1.807, 2.05) is 42.2 Å². The normalized spacial score (nSPS) is 16.9. The number of rotatable bonds is 6. The minimum absolute atomic E-state index is 0.107. The van der Waals surface area contributed by atoms with E-state index in [1.165, 1.54) is 5.56 Å². The smallest absolute Gasteiger partial charge is 0.270 e. The number of hydrogen-bond donors (Lipinski definition) is 1. The first-order chi connectivity index (χ1) is 12.1. The molecule has 1 aliphatic heterocycles. The summed E-state index contributed by atoms with van der Waals surface area (Å²) in [5, 5.41) is 2.93. The summed E-state index contributed by atoms with van der Waals surface area (Å²) >= 11 is 0. The summed E-state index contributed by atoms with van der Waals surface area (Å²) < 4.78 is 0. The van der Waals surface area contributed by atoms with E-state index in [1.54, 1.807) is 6.07 Å². The van der Waals surface area contributed by atoms with E-state index < -0.39 is 0 Å². The predicted octanol–water partition coefficient (Wildman–Crippen LogP) is 2.35. The second-order valence-electron chi connectivity index (χ2n) is 6.47. The summed E-state index contributed by atoms with van der Waals surface area (Å²) in [4.78, 5) is 30.5. The number of nitrogens with one attached hydrogen (secondary N) is 1. The van der Waals surface area contributed by atoms with Gasteiger partial charge in [-0.1, -0.05) is 36.4 Å². The van der Waals surface area contributed by atoms with Crippen LogP contribution in [0.25, 0.3) is 0 Å². The van der Waals surface area contributed by atoms with Crippen LogP contribution in [0.5, 0.6) is 0 Å². The largest absolute Gasteiger partial charge is 0.346 e. The van der Waals surface area contributed by atoms with Gasteiger partial charge < -0.3 is 10.2 Å². The number of hydrogen-bond acceptors (Lipinski definition) is 3. The lowest BCUT2D eigenvalue weighted by molar-refractivity contribution is -0.127. The van der Waals surface area contributed by atoms with Crippen LogP contribution in [-0.2, 0) is 11.2 Å². The lowest BCUT2D eigenvalue weighted by atomic mass is 10.1. The number of carbonyl (C=O) groups excluding carboxylic acids is 2. The maximum absolute atomic E-state index is 12.3. The van der Waals surface area contributed by atoms with Crippen LogP contribution in [0.15, 0.2) is 48.5 Å². The molecule has 5 nitrogen and oxygen atoms in total. The molecular weight excluding hydrogens is 314 g/mol. The first kappa shape index (κ1) is 17.1. The summed E-state index contributed by atoms with van der Waals surface area (Å²) in [5.74, 6) is -0.108. The third kappa shape index (κ3) is 4.66. The van der Waals surface area contributed by atoms with Crippen molar-refractivity contribution in [2.24, 2.45) is 0 Å². The summed E-state index contributed by atoms with van der Waals surface area (Å²) in [6.07, 6.45) is 2.24. The van der Waals surface area contributed by atoms with E-state index >= 15 is 0 Å². The Labute approximate surface area is 148 Å². The Bertz CT molecular complexity index is 746. The molecule has 1 aliphatic rings. The Balaban J connectivity index is 1.48. The van der Waals surface area contributed by atoms with E-state index in [-0.39, 0.29) is 17.9 Å². The van der Waals surface area contributed by atoms with E-state index in [0.717, 1.165) is 25.1 Å². The molecule has 1 aromatic heterocycles. The van der Waals surface area contributed by atoms with Crippen molar-refractivity contribution in [2.75, 3.05) is 13.1 Å². The number of aromatic nitrogens is 1. The van der Waals surface area contributed by atoms with Crippen molar-refractivity contribution in [3.8, 4) is 0 Å². The van der Waals surface area contributed by atoms with Crippen LogP contribution in [0, 0.1) is 6.92 Å². The van der Waals surface area contributed by atoms with E-state index in [0.29, 0.717) is 18.7 Å². The average molecular weight is 337 g/mol. The molecule has 2 aromatic rings. The van der Waals surface area contributed by atoms with Crippen molar-refractivity contribution >= 4 is 11.8 Å². The molecule has 1 aromatic carbocycles. The fraction of sp³-hybridized carbons (Fsp3) is 0.350. The highest BCUT2D eigenvalue weighted by Crippen LogP contribution is 2.13. The van der Waals surface area contributed by atoms with Crippen LogP contribution in [0.2, 0.25) is 0 Å². The van der Waals surface area contributed by atoms with Crippen LogP contribution < -0.4 is 5.32 Å². The van der Waals surface area contributed by atoms with Gasteiger partial charge >= 0.3 is 0 Å². The van der Waals surface area contributed by atoms with Gasteiger partial charge in [0.15, 0.2) is 0 Å². The van der Waals surface area contributed by atoms with Gasteiger partial charge in [0.1, 0.15) is 5.69 Å². The molecule has 0 saturated carbocycles. The molecule has 1 fully saturated rings. The monoisotopic (exact) mass is 337 g/mol. The average Bonchev–Trinajstić information content (AvgIpc) is 2.95. The Morgan fingerprint density at radius 2 is 2.00 bits per heavy atom. The Morgan fingerprint density at radius 3 is 2.76 bits per heavy atom. The van der Waals surface area contributed by atoms with Crippen molar-refractivity contribution in [3.05, 3.63) is 65.5 Å². The molecular formula is C20H23N3O2. The quantitative estimate of drug-likeness (QED) is 0.880. The second kappa shape index (κ2) is 7.92. The molecule has 130 valence electrons. The maximum atomic E-state index is 12.3.